The molecule has 0 radical (unpaired) electrons. The zero-order valence-corrected chi connectivity index (χ0v) is 19.5. The van der Waals surface area contributed by atoms with Crippen LogP contribution in [-0.4, -0.2) is 71.2 Å². The van der Waals surface area contributed by atoms with E-state index in [2.05, 4.69) is 24.1 Å². The van der Waals surface area contributed by atoms with Crippen LogP contribution >= 0.6 is 0 Å². The van der Waals surface area contributed by atoms with Gasteiger partial charge in [0.05, 0.1) is 42.5 Å². The van der Waals surface area contributed by atoms with Gasteiger partial charge in [-0.05, 0) is 37.0 Å². The highest BCUT2D eigenvalue weighted by Crippen LogP contribution is 2.31. The van der Waals surface area contributed by atoms with E-state index in [1.54, 1.807) is 22.5 Å². The third kappa shape index (κ3) is 6.65. The zero-order chi connectivity index (χ0) is 22.3. The number of ether oxygens (including phenoxy) is 2. The molecule has 2 aliphatic rings. The highest BCUT2D eigenvalue weighted by atomic mass is 32.2. The Hall–Kier alpha value is -1.68. The molecular weight excluding hydrogens is 418 g/mol. The van der Waals surface area contributed by atoms with E-state index in [1.165, 1.54) is 0 Å². The lowest BCUT2D eigenvalue weighted by molar-refractivity contribution is -0.117. The molecule has 2 aliphatic heterocycles. The van der Waals surface area contributed by atoms with Crippen molar-refractivity contribution >= 4 is 27.3 Å². The second kappa shape index (κ2) is 11.3. The standard InChI is InChI=1S/C22H35N3O5S/c1-18(2)17-30-13-8-22(26)23-20-16-19(31(27,28)25-9-4-3-5-10-25)6-7-21(20)24-11-14-29-15-12-24/h6-7,16,18H,3-5,8-15,17H2,1-2H3,(H,23,26). The Morgan fingerprint density at radius 3 is 2.52 bits per heavy atom. The average Bonchev–Trinajstić information content (AvgIpc) is 2.78. The highest BCUT2D eigenvalue weighted by molar-refractivity contribution is 7.89. The van der Waals surface area contributed by atoms with E-state index in [-0.39, 0.29) is 17.2 Å². The van der Waals surface area contributed by atoms with Gasteiger partial charge >= 0.3 is 0 Å². The Kier molecular flexibility index (Phi) is 8.71. The molecule has 0 spiro atoms. The van der Waals surface area contributed by atoms with Crippen molar-refractivity contribution in [2.24, 2.45) is 5.92 Å². The number of amides is 1. The number of hydrogen-bond donors (Lipinski definition) is 1. The Morgan fingerprint density at radius 1 is 1.13 bits per heavy atom. The molecule has 1 aromatic rings. The van der Waals surface area contributed by atoms with Crippen LogP contribution in [0.2, 0.25) is 0 Å². The summed E-state index contributed by atoms with van der Waals surface area (Å²) in [4.78, 5) is 14.9. The highest BCUT2D eigenvalue weighted by Gasteiger charge is 2.27. The molecule has 0 atom stereocenters. The quantitative estimate of drug-likeness (QED) is 0.579. The van der Waals surface area contributed by atoms with Gasteiger partial charge in [-0.1, -0.05) is 20.3 Å². The lowest BCUT2D eigenvalue weighted by atomic mass is 10.2. The fourth-order valence-corrected chi connectivity index (χ4v) is 5.35. The maximum absolute atomic E-state index is 13.1. The fourth-order valence-electron chi connectivity index (χ4n) is 3.81. The van der Waals surface area contributed by atoms with Gasteiger partial charge in [-0.3, -0.25) is 4.79 Å². The van der Waals surface area contributed by atoms with Crippen molar-refractivity contribution in [1.29, 1.82) is 0 Å². The van der Waals surface area contributed by atoms with Gasteiger partial charge in [0, 0.05) is 32.8 Å². The summed E-state index contributed by atoms with van der Waals surface area (Å²) in [7, 11) is -3.58. The van der Waals surface area contributed by atoms with E-state index in [1.807, 2.05) is 0 Å². The minimum absolute atomic E-state index is 0.189. The number of hydrogen-bond acceptors (Lipinski definition) is 6. The van der Waals surface area contributed by atoms with Crippen LogP contribution in [0.4, 0.5) is 11.4 Å². The molecule has 0 aromatic heterocycles. The summed E-state index contributed by atoms with van der Waals surface area (Å²) in [5.41, 5.74) is 1.34. The number of nitrogens with zero attached hydrogens (tertiary/aromatic N) is 2. The van der Waals surface area contributed by atoms with Crippen LogP contribution in [0.25, 0.3) is 0 Å². The van der Waals surface area contributed by atoms with Gasteiger partial charge < -0.3 is 19.7 Å². The van der Waals surface area contributed by atoms with Crippen LogP contribution in [0.3, 0.4) is 0 Å². The van der Waals surface area contributed by atoms with Crippen molar-refractivity contribution in [1.82, 2.24) is 4.31 Å². The molecule has 0 unspecified atom stereocenters. The van der Waals surface area contributed by atoms with Gasteiger partial charge in [0.15, 0.2) is 0 Å². The minimum atomic E-state index is -3.58. The van der Waals surface area contributed by atoms with Gasteiger partial charge in [-0.15, -0.1) is 0 Å². The first-order valence-electron chi connectivity index (χ1n) is 11.2. The number of benzene rings is 1. The second-order valence-corrected chi connectivity index (χ2v) is 10.4. The first kappa shape index (κ1) is 24.0. The lowest BCUT2D eigenvalue weighted by Gasteiger charge is -2.31. The van der Waals surface area contributed by atoms with E-state index in [9.17, 15) is 13.2 Å². The topological polar surface area (TPSA) is 88.2 Å². The Bertz CT molecular complexity index is 832. The van der Waals surface area contributed by atoms with E-state index in [0.717, 1.165) is 24.9 Å². The van der Waals surface area contributed by atoms with Crippen molar-refractivity contribution in [2.45, 2.75) is 44.4 Å². The van der Waals surface area contributed by atoms with E-state index < -0.39 is 10.0 Å². The molecule has 2 fully saturated rings. The molecular formula is C22H35N3O5S. The monoisotopic (exact) mass is 453 g/mol. The van der Waals surface area contributed by atoms with Crippen molar-refractivity contribution in [2.75, 3.05) is 62.8 Å². The summed E-state index contributed by atoms with van der Waals surface area (Å²) >= 11 is 0. The van der Waals surface area contributed by atoms with Crippen molar-refractivity contribution in [3.05, 3.63) is 18.2 Å². The third-order valence-corrected chi connectivity index (χ3v) is 7.37. The molecule has 2 heterocycles. The van der Waals surface area contributed by atoms with Gasteiger partial charge in [-0.25, -0.2) is 8.42 Å². The number of rotatable bonds is 9. The van der Waals surface area contributed by atoms with Crippen molar-refractivity contribution in [3.63, 3.8) is 0 Å². The predicted octanol–water partition coefficient (Wildman–Crippen LogP) is 2.70. The number of sulfonamides is 1. The first-order valence-corrected chi connectivity index (χ1v) is 12.7. The van der Waals surface area contributed by atoms with Crippen LogP contribution in [-0.2, 0) is 24.3 Å². The van der Waals surface area contributed by atoms with Gasteiger partial charge in [0.2, 0.25) is 15.9 Å². The number of nitrogens with one attached hydrogen (secondary N) is 1. The number of piperidine rings is 1. The number of carbonyl (C=O) groups excluding carboxylic acids is 1. The third-order valence-electron chi connectivity index (χ3n) is 5.47. The maximum Gasteiger partial charge on any atom is 0.243 e. The van der Waals surface area contributed by atoms with Gasteiger partial charge in [0.1, 0.15) is 0 Å². The van der Waals surface area contributed by atoms with Crippen LogP contribution in [0.15, 0.2) is 23.1 Å². The molecule has 1 aromatic carbocycles. The largest absolute Gasteiger partial charge is 0.381 e. The van der Waals surface area contributed by atoms with Crippen molar-refractivity contribution in [3.8, 4) is 0 Å². The molecule has 1 N–H and O–H groups in total. The summed E-state index contributed by atoms with van der Waals surface area (Å²) in [6, 6.07) is 5.05. The van der Waals surface area contributed by atoms with Crippen LogP contribution in [0, 0.1) is 5.92 Å². The van der Waals surface area contributed by atoms with Crippen LogP contribution in [0.1, 0.15) is 39.5 Å². The Balaban J connectivity index is 1.79. The van der Waals surface area contributed by atoms with Crippen LogP contribution < -0.4 is 10.2 Å². The number of morpholine rings is 1. The average molecular weight is 454 g/mol. The first-order chi connectivity index (χ1) is 14.9. The number of carbonyl (C=O) groups is 1. The molecule has 8 nitrogen and oxygen atoms in total. The smallest absolute Gasteiger partial charge is 0.243 e. The molecule has 0 saturated carbocycles. The van der Waals surface area contributed by atoms with Gasteiger partial charge in [0.25, 0.3) is 0 Å². The molecule has 0 bridgehead atoms. The van der Waals surface area contributed by atoms with E-state index in [0.29, 0.717) is 64.2 Å². The summed E-state index contributed by atoms with van der Waals surface area (Å²) in [5.74, 6) is 0.221. The van der Waals surface area contributed by atoms with Crippen molar-refractivity contribution < 1.29 is 22.7 Å². The Labute approximate surface area is 185 Å². The minimum Gasteiger partial charge on any atom is -0.381 e. The summed E-state index contributed by atoms with van der Waals surface area (Å²) in [6.07, 6.45) is 3.04. The molecule has 174 valence electrons. The van der Waals surface area contributed by atoms with E-state index >= 15 is 0 Å². The molecule has 3 rings (SSSR count). The normalized spacial score (nSPS) is 18.4. The summed E-state index contributed by atoms with van der Waals surface area (Å²) in [5, 5.41) is 2.93. The number of anilines is 2. The lowest BCUT2D eigenvalue weighted by Crippen LogP contribution is -2.37. The molecule has 0 aliphatic carbocycles. The molecule has 1 amide bonds. The zero-order valence-electron chi connectivity index (χ0n) is 18.6. The van der Waals surface area contributed by atoms with E-state index in [4.69, 9.17) is 9.47 Å². The molecule has 2 saturated heterocycles. The predicted molar refractivity (Wildman–Crippen MR) is 121 cm³/mol. The summed E-state index contributed by atoms with van der Waals surface area (Å²) in [6.45, 7) is 8.74. The fraction of sp³-hybridized carbons (Fsp3) is 0.682. The van der Waals surface area contributed by atoms with Crippen LogP contribution in [0.5, 0.6) is 0 Å². The molecule has 9 heteroatoms. The second-order valence-electron chi connectivity index (χ2n) is 8.51. The van der Waals surface area contributed by atoms with Gasteiger partial charge in [-0.2, -0.15) is 4.31 Å². The SMILES string of the molecule is CC(C)COCCC(=O)Nc1cc(S(=O)(=O)N2CCCCC2)ccc1N1CCOCC1. The molecule has 31 heavy (non-hydrogen) atoms. The maximum atomic E-state index is 13.1. The summed E-state index contributed by atoms with van der Waals surface area (Å²) < 4.78 is 38.8. The Morgan fingerprint density at radius 2 is 1.84 bits per heavy atom.